The lowest BCUT2D eigenvalue weighted by atomic mass is 9.96. The number of anilines is 1. The molecule has 3 rings (SSSR count). The fourth-order valence-electron chi connectivity index (χ4n) is 3.26. The Balaban J connectivity index is 1.63. The minimum atomic E-state index is 0.0196. The van der Waals surface area contributed by atoms with Crippen LogP contribution in [-0.2, 0) is 11.3 Å². The standard InChI is InChI=1S/C20H23ClN2OS/c1-25-19-11-5-4-10-18(19)22-20(24)16-8-6-12-23(14-16)13-15-7-2-3-9-17(15)21/h2-5,7,9-11,16H,6,8,12-14H2,1H3,(H,22,24)/t16-/m1/s1. The number of benzene rings is 2. The molecule has 1 fully saturated rings. The lowest BCUT2D eigenvalue weighted by Gasteiger charge is -2.32. The van der Waals surface area contributed by atoms with E-state index >= 15 is 0 Å². The second kappa shape index (κ2) is 8.75. The fraction of sp³-hybridized carbons (Fsp3) is 0.350. The zero-order valence-corrected chi connectivity index (χ0v) is 15.9. The van der Waals surface area contributed by atoms with Gasteiger partial charge in [-0.05, 0) is 49.4 Å². The van der Waals surface area contributed by atoms with Crippen molar-refractivity contribution in [3.8, 4) is 0 Å². The second-order valence-corrected chi connectivity index (χ2v) is 7.61. The first kappa shape index (κ1) is 18.3. The quantitative estimate of drug-likeness (QED) is 0.754. The highest BCUT2D eigenvalue weighted by Gasteiger charge is 2.26. The van der Waals surface area contributed by atoms with Crippen LogP contribution < -0.4 is 5.32 Å². The number of amides is 1. The monoisotopic (exact) mass is 374 g/mol. The van der Waals surface area contributed by atoms with E-state index in [1.54, 1.807) is 11.8 Å². The number of piperidine rings is 1. The predicted octanol–water partition coefficient (Wildman–Crippen LogP) is 4.91. The van der Waals surface area contributed by atoms with Crippen molar-refractivity contribution in [2.75, 3.05) is 24.7 Å². The number of carbonyl (C=O) groups excluding carboxylic acids is 1. The molecule has 0 bridgehead atoms. The summed E-state index contributed by atoms with van der Waals surface area (Å²) < 4.78 is 0. The third kappa shape index (κ3) is 4.78. The van der Waals surface area contributed by atoms with Crippen LogP contribution in [0.25, 0.3) is 0 Å². The fourth-order valence-corrected chi connectivity index (χ4v) is 4.01. The van der Waals surface area contributed by atoms with E-state index in [1.807, 2.05) is 48.7 Å². The van der Waals surface area contributed by atoms with Gasteiger partial charge in [-0.15, -0.1) is 11.8 Å². The van der Waals surface area contributed by atoms with Gasteiger partial charge in [-0.25, -0.2) is 0 Å². The third-order valence-electron chi connectivity index (χ3n) is 4.59. The van der Waals surface area contributed by atoms with Crippen molar-refractivity contribution in [1.29, 1.82) is 0 Å². The summed E-state index contributed by atoms with van der Waals surface area (Å²) in [5, 5.41) is 3.91. The number of nitrogens with zero attached hydrogens (tertiary/aromatic N) is 1. The summed E-state index contributed by atoms with van der Waals surface area (Å²) in [6.07, 6.45) is 4.00. The molecule has 1 aliphatic rings. The second-order valence-electron chi connectivity index (χ2n) is 6.36. The first-order valence-corrected chi connectivity index (χ1v) is 10.2. The van der Waals surface area contributed by atoms with Gasteiger partial charge in [0.1, 0.15) is 0 Å². The zero-order chi connectivity index (χ0) is 17.6. The summed E-state index contributed by atoms with van der Waals surface area (Å²) in [5.74, 6) is 0.136. The highest BCUT2D eigenvalue weighted by Crippen LogP contribution is 2.27. The van der Waals surface area contributed by atoms with Crippen molar-refractivity contribution in [2.45, 2.75) is 24.3 Å². The van der Waals surface area contributed by atoms with Crippen molar-refractivity contribution in [1.82, 2.24) is 4.90 Å². The van der Waals surface area contributed by atoms with Crippen LogP contribution in [0.5, 0.6) is 0 Å². The van der Waals surface area contributed by atoms with Gasteiger partial charge in [0, 0.05) is 23.0 Å². The number of nitrogens with one attached hydrogen (secondary N) is 1. The lowest BCUT2D eigenvalue weighted by molar-refractivity contribution is -0.121. The molecule has 0 spiro atoms. The predicted molar refractivity (Wildman–Crippen MR) is 106 cm³/mol. The maximum atomic E-state index is 12.7. The van der Waals surface area contributed by atoms with E-state index < -0.39 is 0 Å². The molecule has 1 heterocycles. The number of hydrogen-bond acceptors (Lipinski definition) is 3. The number of carbonyl (C=O) groups is 1. The van der Waals surface area contributed by atoms with Crippen molar-refractivity contribution >= 4 is 35.0 Å². The maximum Gasteiger partial charge on any atom is 0.228 e. The number of likely N-dealkylation sites (tertiary alicyclic amines) is 1. The number of halogens is 1. The Morgan fingerprint density at radius 2 is 2.00 bits per heavy atom. The molecule has 1 N–H and O–H groups in total. The van der Waals surface area contributed by atoms with Crippen LogP contribution in [0.15, 0.2) is 53.4 Å². The Morgan fingerprint density at radius 1 is 1.24 bits per heavy atom. The van der Waals surface area contributed by atoms with E-state index in [0.717, 1.165) is 53.6 Å². The molecule has 1 amide bonds. The van der Waals surface area contributed by atoms with E-state index in [0.29, 0.717) is 0 Å². The smallest absolute Gasteiger partial charge is 0.228 e. The van der Waals surface area contributed by atoms with Gasteiger partial charge in [0.15, 0.2) is 0 Å². The molecule has 2 aromatic rings. The van der Waals surface area contributed by atoms with E-state index in [-0.39, 0.29) is 11.8 Å². The molecule has 1 saturated heterocycles. The van der Waals surface area contributed by atoms with E-state index in [2.05, 4.69) is 16.3 Å². The van der Waals surface area contributed by atoms with Crippen LogP contribution in [0, 0.1) is 5.92 Å². The average molecular weight is 375 g/mol. The Labute approximate surface area is 158 Å². The van der Waals surface area contributed by atoms with Crippen LogP contribution >= 0.6 is 23.4 Å². The Kier molecular flexibility index (Phi) is 6.40. The summed E-state index contributed by atoms with van der Waals surface area (Å²) in [5.41, 5.74) is 2.03. The van der Waals surface area contributed by atoms with Crippen LogP contribution in [-0.4, -0.2) is 30.2 Å². The van der Waals surface area contributed by atoms with Gasteiger partial charge in [-0.3, -0.25) is 9.69 Å². The summed E-state index contributed by atoms with van der Waals surface area (Å²) in [7, 11) is 0. The van der Waals surface area contributed by atoms with Gasteiger partial charge in [0.05, 0.1) is 11.6 Å². The van der Waals surface area contributed by atoms with Gasteiger partial charge < -0.3 is 5.32 Å². The highest BCUT2D eigenvalue weighted by atomic mass is 35.5. The highest BCUT2D eigenvalue weighted by molar-refractivity contribution is 7.98. The van der Waals surface area contributed by atoms with Gasteiger partial charge >= 0.3 is 0 Å². The van der Waals surface area contributed by atoms with E-state index in [9.17, 15) is 4.79 Å². The largest absolute Gasteiger partial charge is 0.325 e. The first-order chi connectivity index (χ1) is 12.2. The zero-order valence-electron chi connectivity index (χ0n) is 14.4. The lowest BCUT2D eigenvalue weighted by Crippen LogP contribution is -2.40. The number of hydrogen-bond donors (Lipinski definition) is 1. The molecule has 0 unspecified atom stereocenters. The molecule has 0 radical (unpaired) electrons. The molecular weight excluding hydrogens is 352 g/mol. The van der Waals surface area contributed by atoms with Crippen LogP contribution in [0.1, 0.15) is 18.4 Å². The van der Waals surface area contributed by atoms with Gasteiger partial charge in [-0.1, -0.05) is 41.9 Å². The minimum absolute atomic E-state index is 0.0196. The molecule has 0 saturated carbocycles. The summed E-state index contributed by atoms with van der Waals surface area (Å²) in [6.45, 7) is 2.58. The molecule has 1 aliphatic heterocycles. The molecule has 3 nitrogen and oxygen atoms in total. The third-order valence-corrected chi connectivity index (χ3v) is 5.76. The van der Waals surface area contributed by atoms with Crippen molar-refractivity contribution in [2.24, 2.45) is 5.92 Å². The normalized spacial score (nSPS) is 18.1. The topological polar surface area (TPSA) is 32.3 Å². The molecule has 25 heavy (non-hydrogen) atoms. The summed E-state index contributed by atoms with van der Waals surface area (Å²) in [4.78, 5) is 16.2. The van der Waals surface area contributed by atoms with Crippen LogP contribution in [0.3, 0.4) is 0 Å². The number of thioether (sulfide) groups is 1. The van der Waals surface area contributed by atoms with Crippen molar-refractivity contribution < 1.29 is 4.79 Å². The Hall–Kier alpha value is -1.49. The van der Waals surface area contributed by atoms with Crippen molar-refractivity contribution in [3.05, 3.63) is 59.1 Å². The molecule has 132 valence electrons. The summed E-state index contributed by atoms with van der Waals surface area (Å²) >= 11 is 7.92. The minimum Gasteiger partial charge on any atom is -0.325 e. The van der Waals surface area contributed by atoms with Gasteiger partial charge in [0.25, 0.3) is 0 Å². The first-order valence-electron chi connectivity index (χ1n) is 8.57. The van der Waals surface area contributed by atoms with Crippen LogP contribution in [0.2, 0.25) is 5.02 Å². The summed E-state index contributed by atoms with van der Waals surface area (Å²) in [6, 6.07) is 15.9. The SMILES string of the molecule is CSc1ccccc1NC(=O)[C@@H]1CCCN(Cc2ccccc2Cl)C1. The molecular formula is C20H23ClN2OS. The Bertz CT molecular complexity index is 737. The van der Waals surface area contributed by atoms with Crippen molar-refractivity contribution in [3.63, 3.8) is 0 Å². The molecule has 5 heteroatoms. The van der Waals surface area contributed by atoms with E-state index in [4.69, 9.17) is 11.6 Å². The van der Waals surface area contributed by atoms with Gasteiger partial charge in [0.2, 0.25) is 5.91 Å². The maximum absolute atomic E-state index is 12.7. The molecule has 0 aliphatic carbocycles. The number of rotatable bonds is 5. The average Bonchev–Trinajstić information content (AvgIpc) is 2.64. The molecule has 2 aromatic carbocycles. The number of para-hydroxylation sites is 1. The van der Waals surface area contributed by atoms with Gasteiger partial charge in [-0.2, -0.15) is 0 Å². The Morgan fingerprint density at radius 3 is 2.80 bits per heavy atom. The molecule has 1 atom stereocenters. The van der Waals surface area contributed by atoms with E-state index in [1.165, 1.54) is 0 Å². The van der Waals surface area contributed by atoms with Crippen LogP contribution in [0.4, 0.5) is 5.69 Å². The molecule has 0 aromatic heterocycles.